The SMILES string of the molecule is CCCOc1cccnc1NCCS(=O)(=O)NC. The lowest BCUT2D eigenvalue weighted by molar-refractivity contribution is 0.318. The number of anilines is 1. The molecule has 2 N–H and O–H groups in total. The van der Waals surface area contributed by atoms with Gasteiger partial charge in [0.2, 0.25) is 10.0 Å². The summed E-state index contributed by atoms with van der Waals surface area (Å²) in [5.74, 6) is 1.20. The Morgan fingerprint density at radius 1 is 1.44 bits per heavy atom. The minimum absolute atomic E-state index is 0.00665. The minimum atomic E-state index is -3.20. The second-order valence-corrected chi connectivity index (χ2v) is 5.69. The monoisotopic (exact) mass is 273 g/mol. The molecule has 6 nitrogen and oxygen atoms in total. The van der Waals surface area contributed by atoms with Crippen LogP contribution in [0.25, 0.3) is 0 Å². The molecule has 0 aliphatic rings. The van der Waals surface area contributed by atoms with Gasteiger partial charge in [0, 0.05) is 12.7 Å². The summed E-state index contributed by atoms with van der Waals surface area (Å²) in [5, 5.41) is 2.96. The Labute approximate surface area is 108 Å². The highest BCUT2D eigenvalue weighted by molar-refractivity contribution is 7.89. The molecule has 0 atom stereocenters. The van der Waals surface area contributed by atoms with Crippen LogP contribution in [0.1, 0.15) is 13.3 Å². The van der Waals surface area contributed by atoms with Gasteiger partial charge in [-0.1, -0.05) is 6.92 Å². The van der Waals surface area contributed by atoms with Gasteiger partial charge in [-0.2, -0.15) is 0 Å². The van der Waals surface area contributed by atoms with Crippen molar-refractivity contribution in [2.75, 3.05) is 31.3 Å². The van der Waals surface area contributed by atoms with Gasteiger partial charge in [-0.25, -0.2) is 18.1 Å². The summed E-state index contributed by atoms with van der Waals surface area (Å²) in [6.45, 7) is 2.90. The summed E-state index contributed by atoms with van der Waals surface area (Å²) in [5.41, 5.74) is 0. The molecule has 0 aliphatic heterocycles. The fourth-order valence-electron chi connectivity index (χ4n) is 1.26. The quantitative estimate of drug-likeness (QED) is 0.733. The summed E-state index contributed by atoms with van der Waals surface area (Å²) < 4.78 is 30.2. The van der Waals surface area contributed by atoms with Crippen LogP contribution in [0.4, 0.5) is 5.82 Å². The number of rotatable bonds is 8. The van der Waals surface area contributed by atoms with E-state index in [9.17, 15) is 8.42 Å². The first kappa shape index (κ1) is 14.7. The topological polar surface area (TPSA) is 80.3 Å². The minimum Gasteiger partial charge on any atom is -0.490 e. The van der Waals surface area contributed by atoms with E-state index in [1.165, 1.54) is 7.05 Å². The van der Waals surface area contributed by atoms with Crippen molar-refractivity contribution < 1.29 is 13.2 Å². The van der Waals surface area contributed by atoms with Crippen LogP contribution >= 0.6 is 0 Å². The number of sulfonamides is 1. The fraction of sp³-hybridized carbons (Fsp3) is 0.545. The van der Waals surface area contributed by atoms with E-state index in [-0.39, 0.29) is 12.3 Å². The zero-order valence-corrected chi connectivity index (χ0v) is 11.5. The first-order valence-corrected chi connectivity index (χ1v) is 7.47. The van der Waals surface area contributed by atoms with Gasteiger partial charge >= 0.3 is 0 Å². The molecule has 1 aromatic heterocycles. The van der Waals surface area contributed by atoms with Gasteiger partial charge in [0.1, 0.15) is 0 Å². The van der Waals surface area contributed by atoms with Gasteiger partial charge in [0.15, 0.2) is 11.6 Å². The van der Waals surface area contributed by atoms with Crippen molar-refractivity contribution in [3.63, 3.8) is 0 Å². The average Bonchev–Trinajstić information content (AvgIpc) is 2.37. The Hall–Kier alpha value is -1.34. The van der Waals surface area contributed by atoms with Crippen molar-refractivity contribution in [3.8, 4) is 5.75 Å². The molecule has 0 bridgehead atoms. The zero-order valence-electron chi connectivity index (χ0n) is 10.6. The third-order valence-electron chi connectivity index (χ3n) is 2.21. The molecule has 18 heavy (non-hydrogen) atoms. The van der Waals surface area contributed by atoms with Gasteiger partial charge < -0.3 is 10.1 Å². The summed E-state index contributed by atoms with van der Waals surface area (Å²) in [6.07, 6.45) is 2.54. The molecule has 102 valence electrons. The Bertz CT molecular complexity index is 462. The molecule has 0 spiro atoms. The molecule has 0 aromatic carbocycles. The largest absolute Gasteiger partial charge is 0.490 e. The molecule has 0 saturated carbocycles. The van der Waals surface area contributed by atoms with Crippen LogP contribution in [-0.2, 0) is 10.0 Å². The number of nitrogens with one attached hydrogen (secondary N) is 2. The van der Waals surface area contributed by atoms with Crippen molar-refractivity contribution in [2.24, 2.45) is 0 Å². The maximum atomic E-state index is 11.2. The zero-order chi connectivity index (χ0) is 13.4. The van der Waals surface area contributed by atoms with Crippen molar-refractivity contribution in [2.45, 2.75) is 13.3 Å². The molecular weight excluding hydrogens is 254 g/mol. The van der Waals surface area contributed by atoms with Crippen molar-refractivity contribution >= 4 is 15.8 Å². The van der Waals surface area contributed by atoms with Gasteiger partial charge in [-0.05, 0) is 25.6 Å². The smallest absolute Gasteiger partial charge is 0.213 e. The molecule has 0 fully saturated rings. The van der Waals surface area contributed by atoms with Gasteiger partial charge in [-0.3, -0.25) is 0 Å². The van der Waals surface area contributed by atoms with E-state index in [1.54, 1.807) is 18.3 Å². The molecule has 1 heterocycles. The fourth-order valence-corrected chi connectivity index (χ4v) is 1.83. The third-order valence-corrected chi connectivity index (χ3v) is 3.57. The Kier molecular flexibility index (Phi) is 5.87. The highest BCUT2D eigenvalue weighted by Crippen LogP contribution is 2.20. The maximum absolute atomic E-state index is 11.2. The van der Waals surface area contributed by atoms with E-state index in [2.05, 4.69) is 15.0 Å². The average molecular weight is 273 g/mol. The predicted octanol–water partition coefficient (Wildman–Crippen LogP) is 0.832. The number of aromatic nitrogens is 1. The lowest BCUT2D eigenvalue weighted by Gasteiger charge is -2.11. The van der Waals surface area contributed by atoms with Crippen molar-refractivity contribution in [3.05, 3.63) is 18.3 Å². The summed E-state index contributed by atoms with van der Waals surface area (Å²) in [7, 11) is -1.81. The lowest BCUT2D eigenvalue weighted by atomic mass is 10.4. The molecule has 0 radical (unpaired) electrons. The second-order valence-electron chi connectivity index (χ2n) is 3.65. The van der Waals surface area contributed by atoms with Crippen LogP contribution in [0.3, 0.4) is 0 Å². The van der Waals surface area contributed by atoms with Gasteiger partial charge in [-0.15, -0.1) is 0 Å². The number of ether oxygens (including phenoxy) is 1. The number of hydrogen-bond acceptors (Lipinski definition) is 5. The van der Waals surface area contributed by atoms with Crippen LogP contribution in [0.5, 0.6) is 5.75 Å². The standard InChI is InChI=1S/C11H19N3O3S/c1-3-8-17-10-5-4-6-13-11(10)14-7-9-18(15,16)12-2/h4-6,12H,3,7-9H2,1-2H3,(H,13,14). The normalized spacial score (nSPS) is 11.2. The molecule has 0 unspecified atom stereocenters. The van der Waals surface area contributed by atoms with Crippen LogP contribution in [0, 0.1) is 0 Å². The van der Waals surface area contributed by atoms with E-state index in [0.717, 1.165) is 6.42 Å². The number of nitrogens with zero attached hydrogens (tertiary/aromatic N) is 1. The van der Waals surface area contributed by atoms with Gasteiger partial charge in [0.25, 0.3) is 0 Å². The molecule has 1 aromatic rings. The third kappa shape index (κ3) is 4.89. The Balaban J connectivity index is 2.56. The van der Waals surface area contributed by atoms with E-state index < -0.39 is 10.0 Å². The highest BCUT2D eigenvalue weighted by Gasteiger charge is 2.08. The maximum Gasteiger partial charge on any atom is 0.213 e. The Morgan fingerprint density at radius 2 is 2.22 bits per heavy atom. The number of hydrogen-bond donors (Lipinski definition) is 2. The van der Waals surface area contributed by atoms with E-state index in [4.69, 9.17) is 4.74 Å². The summed E-state index contributed by atoms with van der Waals surface area (Å²) >= 11 is 0. The molecular formula is C11H19N3O3S. The second kappa shape index (κ2) is 7.17. The van der Waals surface area contributed by atoms with Crippen molar-refractivity contribution in [1.82, 2.24) is 9.71 Å². The van der Waals surface area contributed by atoms with E-state index in [0.29, 0.717) is 18.2 Å². The predicted molar refractivity (Wildman–Crippen MR) is 71.4 cm³/mol. The van der Waals surface area contributed by atoms with Gasteiger partial charge in [0.05, 0.1) is 12.4 Å². The molecule has 1 rings (SSSR count). The molecule has 7 heteroatoms. The summed E-state index contributed by atoms with van der Waals surface area (Å²) in [4.78, 5) is 4.13. The van der Waals surface area contributed by atoms with Crippen LogP contribution < -0.4 is 14.8 Å². The lowest BCUT2D eigenvalue weighted by Crippen LogP contribution is -2.26. The Morgan fingerprint density at radius 3 is 2.89 bits per heavy atom. The first-order chi connectivity index (χ1) is 8.59. The van der Waals surface area contributed by atoms with Crippen LogP contribution in [-0.4, -0.2) is 39.4 Å². The van der Waals surface area contributed by atoms with Crippen LogP contribution in [0.15, 0.2) is 18.3 Å². The highest BCUT2D eigenvalue weighted by atomic mass is 32.2. The van der Waals surface area contributed by atoms with Crippen LogP contribution in [0.2, 0.25) is 0 Å². The first-order valence-electron chi connectivity index (χ1n) is 5.82. The molecule has 0 aliphatic carbocycles. The molecule has 0 saturated heterocycles. The van der Waals surface area contributed by atoms with Crippen molar-refractivity contribution in [1.29, 1.82) is 0 Å². The number of pyridine rings is 1. The molecule has 0 amide bonds. The van der Waals surface area contributed by atoms with E-state index >= 15 is 0 Å². The van der Waals surface area contributed by atoms with E-state index in [1.807, 2.05) is 6.92 Å². The summed E-state index contributed by atoms with van der Waals surface area (Å²) in [6, 6.07) is 3.58.